The molecule has 1 aromatic heterocycles. The van der Waals surface area contributed by atoms with Gasteiger partial charge in [0.25, 0.3) is 0 Å². The van der Waals surface area contributed by atoms with Crippen molar-refractivity contribution in [3.05, 3.63) is 29.1 Å². The Morgan fingerprint density at radius 3 is 3.07 bits per heavy atom. The number of hydrogen-bond acceptors (Lipinski definition) is 3. The smallest absolute Gasteiger partial charge is 0.197 e. The lowest BCUT2D eigenvalue weighted by atomic mass is 10.2. The lowest BCUT2D eigenvalue weighted by Crippen LogP contribution is -2.21. The van der Waals surface area contributed by atoms with Crippen LogP contribution in [-0.4, -0.2) is 11.0 Å². The summed E-state index contributed by atoms with van der Waals surface area (Å²) < 4.78 is 5.55. The molecule has 4 heteroatoms. The van der Waals surface area contributed by atoms with Gasteiger partial charge in [0.15, 0.2) is 11.5 Å². The lowest BCUT2D eigenvalue weighted by molar-refractivity contribution is 0.491. The Labute approximate surface area is 93.2 Å². The van der Waals surface area contributed by atoms with Crippen molar-refractivity contribution in [1.29, 1.82) is 0 Å². The Bertz CT molecular complexity index is 467. The molecule has 1 aromatic carbocycles. The van der Waals surface area contributed by atoms with Gasteiger partial charge in [-0.25, -0.2) is 4.98 Å². The van der Waals surface area contributed by atoms with Crippen LogP contribution in [0.25, 0.3) is 11.1 Å². The molecule has 0 spiro atoms. The maximum atomic E-state index is 5.85. The van der Waals surface area contributed by atoms with Crippen molar-refractivity contribution in [2.24, 2.45) is 5.73 Å². The van der Waals surface area contributed by atoms with Crippen LogP contribution in [0.1, 0.15) is 19.2 Å². The molecule has 1 heterocycles. The van der Waals surface area contributed by atoms with E-state index < -0.39 is 0 Å². The maximum Gasteiger partial charge on any atom is 0.197 e. The largest absolute Gasteiger partial charge is 0.441 e. The summed E-state index contributed by atoms with van der Waals surface area (Å²) in [6.45, 7) is 2.05. The van der Waals surface area contributed by atoms with Crippen molar-refractivity contribution in [3.8, 4) is 0 Å². The first kappa shape index (κ1) is 10.5. The van der Waals surface area contributed by atoms with Crippen molar-refractivity contribution in [2.75, 3.05) is 0 Å². The molecule has 80 valence electrons. The van der Waals surface area contributed by atoms with Crippen LogP contribution in [0, 0.1) is 0 Å². The van der Waals surface area contributed by atoms with E-state index in [1.54, 1.807) is 12.1 Å². The summed E-state index contributed by atoms with van der Waals surface area (Å²) in [4.78, 5) is 4.34. The molecule has 0 fully saturated rings. The molecule has 1 atom stereocenters. The maximum absolute atomic E-state index is 5.85. The summed E-state index contributed by atoms with van der Waals surface area (Å²) in [5, 5.41) is 0.657. The molecule has 0 aliphatic rings. The second kappa shape index (κ2) is 4.21. The molecule has 2 aromatic rings. The molecule has 3 nitrogen and oxygen atoms in total. The fourth-order valence-electron chi connectivity index (χ4n) is 1.40. The van der Waals surface area contributed by atoms with Gasteiger partial charge in [-0.1, -0.05) is 18.5 Å². The summed E-state index contributed by atoms with van der Waals surface area (Å²) in [6, 6.07) is 5.52. The van der Waals surface area contributed by atoms with E-state index >= 15 is 0 Å². The van der Waals surface area contributed by atoms with Crippen LogP contribution < -0.4 is 5.73 Å². The Balaban J connectivity index is 2.30. The van der Waals surface area contributed by atoms with Crippen LogP contribution in [-0.2, 0) is 6.42 Å². The molecule has 0 radical (unpaired) electrons. The van der Waals surface area contributed by atoms with Crippen LogP contribution in [0.4, 0.5) is 0 Å². The van der Waals surface area contributed by atoms with Gasteiger partial charge in [0, 0.05) is 23.6 Å². The van der Waals surface area contributed by atoms with Gasteiger partial charge in [0.05, 0.1) is 0 Å². The van der Waals surface area contributed by atoms with Crippen LogP contribution in [0.15, 0.2) is 22.6 Å². The van der Waals surface area contributed by atoms with Crippen LogP contribution in [0.3, 0.4) is 0 Å². The number of nitrogens with zero attached hydrogens (tertiary/aromatic N) is 1. The summed E-state index contributed by atoms with van der Waals surface area (Å²) in [5.41, 5.74) is 7.38. The number of nitrogens with two attached hydrogens (primary N) is 1. The highest BCUT2D eigenvalue weighted by molar-refractivity contribution is 6.31. The number of benzene rings is 1. The molecule has 0 bridgehead atoms. The van der Waals surface area contributed by atoms with E-state index in [4.69, 9.17) is 21.8 Å². The number of fused-ring (bicyclic) bond motifs is 1. The van der Waals surface area contributed by atoms with Gasteiger partial charge in [-0.2, -0.15) is 0 Å². The van der Waals surface area contributed by atoms with Gasteiger partial charge < -0.3 is 10.2 Å². The third-order valence-electron chi connectivity index (χ3n) is 2.36. The Morgan fingerprint density at radius 1 is 1.53 bits per heavy atom. The van der Waals surface area contributed by atoms with E-state index in [2.05, 4.69) is 4.98 Å². The second-order valence-electron chi connectivity index (χ2n) is 3.59. The minimum Gasteiger partial charge on any atom is -0.441 e. The fraction of sp³-hybridized carbons (Fsp3) is 0.364. The van der Waals surface area contributed by atoms with E-state index in [9.17, 15) is 0 Å². The zero-order chi connectivity index (χ0) is 10.8. The van der Waals surface area contributed by atoms with E-state index in [1.807, 2.05) is 13.0 Å². The lowest BCUT2D eigenvalue weighted by Gasteiger charge is -2.03. The topological polar surface area (TPSA) is 52.0 Å². The van der Waals surface area contributed by atoms with Gasteiger partial charge >= 0.3 is 0 Å². The number of hydrogen-bond donors (Lipinski definition) is 1. The normalized spacial score (nSPS) is 13.3. The summed E-state index contributed by atoms with van der Waals surface area (Å²) in [5.74, 6) is 0.682. The Kier molecular flexibility index (Phi) is 2.93. The summed E-state index contributed by atoms with van der Waals surface area (Å²) in [7, 11) is 0. The first-order valence-electron chi connectivity index (χ1n) is 4.99. The standard InChI is InChI=1S/C11H13ClN2O/c1-2-8(13)6-11-14-9-4-3-7(12)5-10(9)15-11/h3-5,8H,2,6,13H2,1H3. The number of rotatable bonds is 3. The minimum atomic E-state index is 0.105. The van der Waals surface area contributed by atoms with Crippen molar-refractivity contribution >= 4 is 22.7 Å². The second-order valence-corrected chi connectivity index (χ2v) is 4.03. The molecule has 0 aliphatic heterocycles. The van der Waals surface area contributed by atoms with Crippen molar-refractivity contribution in [1.82, 2.24) is 4.98 Å². The predicted octanol–water partition coefficient (Wildman–Crippen LogP) is 2.76. The van der Waals surface area contributed by atoms with E-state index in [-0.39, 0.29) is 6.04 Å². The third kappa shape index (κ3) is 2.30. The number of oxazole rings is 1. The predicted molar refractivity (Wildman–Crippen MR) is 61.0 cm³/mol. The average molecular weight is 225 g/mol. The van der Waals surface area contributed by atoms with E-state index in [0.717, 1.165) is 17.5 Å². The summed E-state index contributed by atoms with van der Waals surface area (Å²) >= 11 is 5.85. The first-order chi connectivity index (χ1) is 7.19. The zero-order valence-electron chi connectivity index (χ0n) is 8.53. The molecule has 0 saturated carbocycles. The monoisotopic (exact) mass is 224 g/mol. The van der Waals surface area contributed by atoms with Gasteiger partial charge in [-0.3, -0.25) is 0 Å². The molecule has 0 saturated heterocycles. The number of halogens is 1. The van der Waals surface area contributed by atoms with Gasteiger partial charge in [-0.05, 0) is 18.6 Å². The highest BCUT2D eigenvalue weighted by Crippen LogP contribution is 2.20. The summed E-state index contributed by atoms with van der Waals surface area (Å²) in [6.07, 6.45) is 1.59. The molecular formula is C11H13ClN2O. The molecule has 15 heavy (non-hydrogen) atoms. The molecule has 0 aliphatic carbocycles. The Morgan fingerprint density at radius 2 is 2.33 bits per heavy atom. The zero-order valence-corrected chi connectivity index (χ0v) is 9.29. The molecule has 2 N–H and O–H groups in total. The average Bonchev–Trinajstić information content (AvgIpc) is 2.59. The fourth-order valence-corrected chi connectivity index (χ4v) is 1.56. The van der Waals surface area contributed by atoms with E-state index in [0.29, 0.717) is 17.3 Å². The van der Waals surface area contributed by atoms with Crippen LogP contribution in [0.2, 0.25) is 5.02 Å². The first-order valence-corrected chi connectivity index (χ1v) is 5.37. The molecular weight excluding hydrogens is 212 g/mol. The molecule has 0 amide bonds. The van der Waals surface area contributed by atoms with Gasteiger partial charge in [0.2, 0.25) is 0 Å². The third-order valence-corrected chi connectivity index (χ3v) is 2.59. The van der Waals surface area contributed by atoms with Gasteiger partial charge in [0.1, 0.15) is 5.52 Å². The SMILES string of the molecule is CCC(N)Cc1nc2ccc(Cl)cc2o1. The van der Waals surface area contributed by atoms with Gasteiger partial charge in [-0.15, -0.1) is 0 Å². The highest BCUT2D eigenvalue weighted by atomic mass is 35.5. The quantitative estimate of drug-likeness (QED) is 0.872. The van der Waals surface area contributed by atoms with Crippen molar-refractivity contribution in [3.63, 3.8) is 0 Å². The van der Waals surface area contributed by atoms with E-state index in [1.165, 1.54) is 0 Å². The Hall–Kier alpha value is -1.06. The van der Waals surface area contributed by atoms with Crippen LogP contribution in [0.5, 0.6) is 0 Å². The number of aromatic nitrogens is 1. The van der Waals surface area contributed by atoms with Crippen LogP contribution >= 0.6 is 11.6 Å². The van der Waals surface area contributed by atoms with Crippen molar-refractivity contribution < 1.29 is 4.42 Å². The minimum absolute atomic E-state index is 0.105. The molecule has 1 unspecified atom stereocenters. The molecule has 2 rings (SSSR count). The highest BCUT2D eigenvalue weighted by Gasteiger charge is 2.09. The van der Waals surface area contributed by atoms with Crippen molar-refractivity contribution in [2.45, 2.75) is 25.8 Å².